The fourth-order valence-corrected chi connectivity index (χ4v) is 1.60. The number of carbonyl (C=O) groups is 1. The van der Waals surface area contributed by atoms with Crippen LogP contribution < -0.4 is 0 Å². The van der Waals surface area contributed by atoms with E-state index in [1.807, 2.05) is 0 Å². The molecule has 0 aliphatic rings. The van der Waals surface area contributed by atoms with Crippen LogP contribution in [0.3, 0.4) is 0 Å². The zero-order valence-corrected chi connectivity index (χ0v) is 11.1. The molecule has 0 saturated heterocycles. The van der Waals surface area contributed by atoms with Crippen LogP contribution in [0.15, 0.2) is 12.7 Å². The van der Waals surface area contributed by atoms with E-state index in [-0.39, 0.29) is 12.8 Å². The summed E-state index contributed by atoms with van der Waals surface area (Å²) < 4.78 is 65.3. The van der Waals surface area contributed by atoms with Gasteiger partial charge in [-0.05, 0) is 12.8 Å². The maximum Gasteiger partial charge on any atom is 0.400 e. The Labute approximate surface area is 115 Å². The first-order chi connectivity index (χ1) is 9.16. The molecular weight excluding hydrogens is 283 g/mol. The molecule has 0 amide bonds. The number of rotatable bonds is 10. The van der Waals surface area contributed by atoms with Crippen molar-refractivity contribution in [2.45, 2.75) is 63.7 Å². The highest BCUT2D eigenvalue weighted by atomic mass is 19.4. The van der Waals surface area contributed by atoms with Crippen LogP contribution in [-0.4, -0.2) is 18.3 Å². The van der Waals surface area contributed by atoms with Crippen molar-refractivity contribution in [3.8, 4) is 0 Å². The van der Waals surface area contributed by atoms with Crippen molar-refractivity contribution in [3.05, 3.63) is 12.7 Å². The highest BCUT2D eigenvalue weighted by Gasteiger charge is 2.32. The third kappa shape index (κ3) is 11.9. The van der Waals surface area contributed by atoms with Crippen molar-refractivity contribution in [2.24, 2.45) is 0 Å². The predicted octanol–water partition coefficient (Wildman–Crippen LogP) is 4.99. The Morgan fingerprint density at radius 1 is 0.900 bits per heavy atom. The van der Waals surface area contributed by atoms with Gasteiger partial charge in [0.15, 0.2) is 0 Å². The topological polar surface area (TPSA) is 26.3 Å². The number of carbonyl (C=O) groups excluding carboxylic acids is 1. The molecule has 0 radical (unpaired) electrons. The summed E-state index contributed by atoms with van der Waals surface area (Å²) in [4.78, 5) is 10.6. The number of esters is 1. The summed E-state index contributed by atoms with van der Waals surface area (Å²) in [6.45, 7) is 3.01. The second-order valence-electron chi connectivity index (χ2n) is 4.50. The molecule has 0 bridgehead atoms. The molecule has 0 N–H and O–H groups in total. The Hall–Kier alpha value is -1.14. The van der Waals surface area contributed by atoms with E-state index < -0.39 is 31.1 Å². The lowest BCUT2D eigenvalue weighted by Gasteiger charge is -2.15. The molecule has 0 fully saturated rings. The third-order valence-electron chi connectivity index (χ3n) is 2.59. The fraction of sp³-hybridized carbons (Fsp3) is 0.769. The molecule has 0 aliphatic carbocycles. The van der Waals surface area contributed by atoms with E-state index in [9.17, 15) is 26.7 Å². The predicted molar refractivity (Wildman–Crippen MR) is 64.2 cm³/mol. The van der Waals surface area contributed by atoms with Crippen LogP contribution in [0, 0.1) is 0 Å². The van der Waals surface area contributed by atoms with E-state index in [4.69, 9.17) is 0 Å². The van der Waals surface area contributed by atoms with Gasteiger partial charge in [-0.1, -0.05) is 32.3 Å². The summed E-state index contributed by atoms with van der Waals surface area (Å²) in [6.07, 6.45) is -6.09. The van der Waals surface area contributed by atoms with Crippen molar-refractivity contribution in [3.63, 3.8) is 0 Å². The normalized spacial score (nSPS) is 12.2. The molecule has 0 rings (SSSR count). The molecule has 0 atom stereocenters. The smallest absolute Gasteiger partial charge is 0.398 e. The largest absolute Gasteiger partial charge is 0.400 e. The molecule has 20 heavy (non-hydrogen) atoms. The van der Waals surface area contributed by atoms with E-state index in [0.717, 1.165) is 0 Å². The number of alkyl halides is 5. The van der Waals surface area contributed by atoms with Gasteiger partial charge in [0.05, 0.1) is 6.42 Å². The van der Waals surface area contributed by atoms with Gasteiger partial charge in [0.1, 0.15) is 0 Å². The molecule has 0 aliphatic heterocycles. The molecule has 0 heterocycles. The molecule has 7 heteroatoms. The number of hydrogen-bond acceptors (Lipinski definition) is 2. The molecule has 0 spiro atoms. The second kappa shape index (κ2) is 8.92. The summed E-state index contributed by atoms with van der Waals surface area (Å²) in [7, 11) is 0. The third-order valence-corrected chi connectivity index (χ3v) is 2.59. The van der Waals surface area contributed by atoms with Crippen LogP contribution >= 0.6 is 0 Å². The Kier molecular flexibility index (Phi) is 8.41. The summed E-state index contributed by atoms with van der Waals surface area (Å²) >= 11 is 0. The van der Waals surface area contributed by atoms with E-state index in [2.05, 4.69) is 11.3 Å². The van der Waals surface area contributed by atoms with Crippen LogP contribution in [0.4, 0.5) is 22.0 Å². The Morgan fingerprint density at radius 2 is 1.35 bits per heavy atom. The van der Waals surface area contributed by atoms with E-state index in [1.54, 1.807) is 0 Å². The van der Waals surface area contributed by atoms with Crippen LogP contribution in [0.5, 0.6) is 0 Å². The number of unbranched alkanes of at least 4 members (excludes halogenated alkanes) is 5. The highest BCUT2D eigenvalue weighted by molar-refractivity contribution is 5.81. The molecule has 0 aromatic carbocycles. The van der Waals surface area contributed by atoms with Crippen molar-refractivity contribution in [1.82, 2.24) is 0 Å². The SMILES string of the molecule is C=CC(=O)OC(F)(F)CCCCCCCCC(F)(F)F. The highest BCUT2D eigenvalue weighted by Crippen LogP contribution is 2.25. The van der Waals surface area contributed by atoms with Crippen LogP contribution in [0.2, 0.25) is 0 Å². The van der Waals surface area contributed by atoms with Gasteiger partial charge in [-0.3, -0.25) is 0 Å². The minimum atomic E-state index is -4.13. The maximum absolute atomic E-state index is 13.0. The average Bonchev–Trinajstić information content (AvgIpc) is 2.30. The quantitative estimate of drug-likeness (QED) is 0.246. The first-order valence-corrected chi connectivity index (χ1v) is 6.46. The number of hydrogen-bond donors (Lipinski definition) is 0. The fourth-order valence-electron chi connectivity index (χ4n) is 1.60. The summed E-state index contributed by atoms with van der Waals surface area (Å²) in [5.74, 6) is -1.18. The molecule has 0 aromatic rings. The number of halogens is 5. The van der Waals surface area contributed by atoms with Crippen molar-refractivity contribution >= 4 is 5.97 Å². The summed E-state index contributed by atoms with van der Waals surface area (Å²) in [5.41, 5.74) is 0. The lowest BCUT2D eigenvalue weighted by molar-refractivity contribution is -0.231. The van der Waals surface area contributed by atoms with Gasteiger partial charge in [0, 0.05) is 12.5 Å². The molecule has 0 saturated carbocycles. The lowest BCUT2D eigenvalue weighted by Crippen LogP contribution is -2.23. The van der Waals surface area contributed by atoms with Gasteiger partial charge < -0.3 is 4.74 Å². The van der Waals surface area contributed by atoms with Gasteiger partial charge in [-0.25, -0.2) is 4.79 Å². The van der Waals surface area contributed by atoms with Crippen LogP contribution in [0.25, 0.3) is 0 Å². The van der Waals surface area contributed by atoms with Crippen molar-refractivity contribution in [2.75, 3.05) is 0 Å². The summed E-state index contributed by atoms with van der Waals surface area (Å²) in [5, 5.41) is 0. The number of ether oxygens (including phenoxy) is 1. The summed E-state index contributed by atoms with van der Waals surface area (Å²) in [6, 6.07) is 0. The second-order valence-corrected chi connectivity index (χ2v) is 4.50. The van der Waals surface area contributed by atoms with Crippen molar-refractivity contribution in [1.29, 1.82) is 0 Å². The van der Waals surface area contributed by atoms with Gasteiger partial charge in [-0.2, -0.15) is 22.0 Å². The standard InChI is InChI=1S/C13H19F5O2/c1-2-11(19)20-13(17,18)10-8-6-4-3-5-7-9-12(14,15)16/h2H,1,3-10H2. The van der Waals surface area contributed by atoms with Crippen LogP contribution in [-0.2, 0) is 9.53 Å². The van der Waals surface area contributed by atoms with E-state index >= 15 is 0 Å². The van der Waals surface area contributed by atoms with Gasteiger partial charge in [0.25, 0.3) is 0 Å². The van der Waals surface area contributed by atoms with Crippen LogP contribution in [0.1, 0.15) is 51.4 Å². The minimum absolute atomic E-state index is 0.0661. The Morgan fingerprint density at radius 3 is 1.80 bits per heavy atom. The monoisotopic (exact) mass is 302 g/mol. The molecule has 0 aromatic heterocycles. The first-order valence-electron chi connectivity index (χ1n) is 6.46. The lowest BCUT2D eigenvalue weighted by atomic mass is 10.1. The molecular formula is C13H19F5O2. The zero-order chi connectivity index (χ0) is 15.6. The maximum atomic E-state index is 13.0. The van der Waals surface area contributed by atoms with Gasteiger partial charge in [0.2, 0.25) is 0 Å². The zero-order valence-electron chi connectivity index (χ0n) is 11.1. The molecule has 0 unspecified atom stereocenters. The van der Waals surface area contributed by atoms with Crippen molar-refractivity contribution < 1.29 is 31.5 Å². The van der Waals surface area contributed by atoms with Gasteiger partial charge >= 0.3 is 18.3 Å². The van der Waals surface area contributed by atoms with Gasteiger partial charge in [-0.15, -0.1) is 0 Å². The van der Waals surface area contributed by atoms with E-state index in [1.165, 1.54) is 0 Å². The molecule has 2 nitrogen and oxygen atoms in total. The Bertz CT molecular complexity index is 300. The minimum Gasteiger partial charge on any atom is -0.398 e. The van der Waals surface area contributed by atoms with E-state index in [0.29, 0.717) is 31.8 Å². The Balaban J connectivity index is 3.52. The average molecular weight is 302 g/mol. The molecule has 118 valence electrons. The first kappa shape index (κ1) is 18.9.